The van der Waals surface area contributed by atoms with Crippen LogP contribution in [0, 0.1) is 0 Å². The van der Waals surface area contributed by atoms with E-state index in [9.17, 15) is 13.5 Å². The molecular formula is C11H14Cl2O3S. The third-order valence-corrected chi connectivity index (χ3v) is 5.97. The highest BCUT2D eigenvalue weighted by atomic mass is 35.5. The van der Waals surface area contributed by atoms with Gasteiger partial charge in [0.05, 0.1) is 0 Å². The largest absolute Gasteiger partial charge is 0.385 e. The number of aliphatic hydroxyl groups is 1. The van der Waals surface area contributed by atoms with Crippen LogP contribution in [-0.2, 0) is 9.84 Å². The van der Waals surface area contributed by atoms with Gasteiger partial charge < -0.3 is 5.11 Å². The number of sulfone groups is 1. The summed E-state index contributed by atoms with van der Waals surface area (Å²) in [6, 6.07) is 6.37. The van der Waals surface area contributed by atoms with Gasteiger partial charge in [-0.25, -0.2) is 8.42 Å². The van der Waals surface area contributed by atoms with Crippen molar-refractivity contribution in [2.75, 3.05) is 6.26 Å². The second kappa shape index (κ2) is 5.14. The molecule has 0 saturated heterocycles. The lowest BCUT2D eigenvalue weighted by atomic mass is 10.0. The first-order valence-corrected chi connectivity index (χ1v) is 7.69. The van der Waals surface area contributed by atoms with Gasteiger partial charge in [0.1, 0.15) is 6.10 Å². The Hall–Kier alpha value is -0.290. The molecule has 96 valence electrons. The first-order valence-electron chi connectivity index (χ1n) is 5.04. The number of halogens is 2. The molecule has 17 heavy (non-hydrogen) atoms. The molecule has 0 aromatic heterocycles. The maximum absolute atomic E-state index is 11.7. The highest BCUT2D eigenvalue weighted by Gasteiger charge is 2.44. The van der Waals surface area contributed by atoms with Crippen molar-refractivity contribution in [1.82, 2.24) is 0 Å². The van der Waals surface area contributed by atoms with Gasteiger partial charge in [-0.3, -0.25) is 0 Å². The third-order valence-electron chi connectivity index (χ3n) is 2.67. The van der Waals surface area contributed by atoms with Crippen LogP contribution in [0.25, 0.3) is 0 Å². The van der Waals surface area contributed by atoms with E-state index in [1.165, 1.54) is 6.07 Å². The number of hydrogen-bond acceptors (Lipinski definition) is 3. The number of rotatable bonds is 4. The van der Waals surface area contributed by atoms with E-state index in [1.54, 1.807) is 25.1 Å². The summed E-state index contributed by atoms with van der Waals surface area (Å²) < 4.78 is 21.6. The minimum absolute atomic E-state index is 0.0983. The molecule has 0 spiro atoms. The van der Waals surface area contributed by atoms with Crippen LogP contribution in [0.2, 0.25) is 5.02 Å². The molecule has 0 saturated carbocycles. The van der Waals surface area contributed by atoms with Crippen molar-refractivity contribution in [3.05, 3.63) is 34.9 Å². The Balaban J connectivity index is 3.24. The molecule has 0 unspecified atom stereocenters. The molecule has 2 atom stereocenters. The molecule has 1 aromatic rings. The van der Waals surface area contributed by atoms with Gasteiger partial charge in [0.25, 0.3) is 0 Å². The van der Waals surface area contributed by atoms with Gasteiger partial charge in [-0.1, -0.05) is 42.3 Å². The van der Waals surface area contributed by atoms with E-state index >= 15 is 0 Å². The molecule has 3 nitrogen and oxygen atoms in total. The van der Waals surface area contributed by atoms with Crippen molar-refractivity contribution in [2.45, 2.75) is 23.7 Å². The van der Waals surface area contributed by atoms with E-state index < -0.39 is 20.1 Å². The molecular weight excluding hydrogens is 283 g/mol. The Kier molecular flexibility index (Phi) is 4.47. The van der Waals surface area contributed by atoms with Gasteiger partial charge in [-0.2, -0.15) is 0 Å². The standard InChI is InChI=1S/C11H14Cl2O3S/c1-3-11(13,17(2,15)16)10(14)8-5-4-6-9(12)7-8/h4-7,10,14H,3H2,1-2H3/t10-,11-/m1/s1. The number of hydrogen-bond donors (Lipinski definition) is 1. The van der Waals surface area contributed by atoms with Gasteiger partial charge in [0.2, 0.25) is 0 Å². The van der Waals surface area contributed by atoms with E-state index in [0.29, 0.717) is 10.6 Å². The van der Waals surface area contributed by atoms with Crippen molar-refractivity contribution in [2.24, 2.45) is 0 Å². The zero-order valence-corrected chi connectivity index (χ0v) is 11.9. The fourth-order valence-corrected chi connectivity index (χ4v) is 2.97. The predicted molar refractivity (Wildman–Crippen MR) is 70.1 cm³/mol. The van der Waals surface area contributed by atoms with Crippen molar-refractivity contribution >= 4 is 33.0 Å². The number of benzene rings is 1. The normalized spacial score (nSPS) is 17.5. The van der Waals surface area contributed by atoms with Crippen LogP contribution in [0.15, 0.2) is 24.3 Å². The van der Waals surface area contributed by atoms with Gasteiger partial charge in [0, 0.05) is 11.3 Å². The Bertz CT molecular complexity index is 501. The second-order valence-electron chi connectivity index (χ2n) is 3.87. The number of alkyl halides is 1. The zero-order chi connectivity index (χ0) is 13.3. The maximum Gasteiger partial charge on any atom is 0.174 e. The Morgan fingerprint density at radius 3 is 2.47 bits per heavy atom. The lowest BCUT2D eigenvalue weighted by molar-refractivity contribution is 0.155. The first kappa shape index (κ1) is 14.8. The SMILES string of the molecule is CC[C@](Cl)([C@H](O)c1cccc(Cl)c1)S(C)(=O)=O. The lowest BCUT2D eigenvalue weighted by Gasteiger charge is -2.29. The average molecular weight is 297 g/mol. The minimum atomic E-state index is -3.60. The molecule has 0 aliphatic carbocycles. The van der Waals surface area contributed by atoms with Gasteiger partial charge in [0.15, 0.2) is 14.0 Å². The first-order chi connectivity index (χ1) is 7.72. The molecule has 1 aromatic carbocycles. The van der Waals surface area contributed by atoms with Gasteiger partial charge >= 0.3 is 0 Å². The van der Waals surface area contributed by atoms with Crippen LogP contribution in [0.1, 0.15) is 25.0 Å². The molecule has 0 amide bonds. The van der Waals surface area contributed by atoms with Crippen LogP contribution >= 0.6 is 23.2 Å². The van der Waals surface area contributed by atoms with E-state index in [-0.39, 0.29) is 6.42 Å². The molecule has 0 bridgehead atoms. The molecule has 0 aliphatic rings. The Morgan fingerprint density at radius 2 is 2.06 bits per heavy atom. The summed E-state index contributed by atoms with van der Waals surface area (Å²) in [5.74, 6) is 0. The minimum Gasteiger partial charge on any atom is -0.385 e. The molecule has 0 heterocycles. The molecule has 1 rings (SSSR count). The fraction of sp³-hybridized carbons (Fsp3) is 0.455. The summed E-state index contributed by atoms with van der Waals surface area (Å²) in [4.78, 5) is 0. The Morgan fingerprint density at radius 1 is 1.47 bits per heavy atom. The van der Waals surface area contributed by atoms with Crippen LogP contribution < -0.4 is 0 Å². The summed E-state index contributed by atoms with van der Waals surface area (Å²) in [6.45, 7) is 1.61. The van der Waals surface area contributed by atoms with Crippen LogP contribution in [0.4, 0.5) is 0 Å². The smallest absolute Gasteiger partial charge is 0.174 e. The van der Waals surface area contributed by atoms with Crippen LogP contribution in [0.5, 0.6) is 0 Å². The fourth-order valence-electron chi connectivity index (χ4n) is 1.58. The van der Waals surface area contributed by atoms with Gasteiger partial charge in [-0.15, -0.1) is 0 Å². The highest BCUT2D eigenvalue weighted by Crippen LogP contribution is 2.39. The summed E-state index contributed by atoms with van der Waals surface area (Å²) in [5, 5.41) is 10.6. The van der Waals surface area contributed by atoms with E-state index in [2.05, 4.69) is 0 Å². The summed E-state index contributed by atoms with van der Waals surface area (Å²) in [5.41, 5.74) is 0.389. The monoisotopic (exact) mass is 296 g/mol. The van der Waals surface area contributed by atoms with Crippen molar-refractivity contribution in [3.63, 3.8) is 0 Å². The molecule has 0 aliphatic heterocycles. The average Bonchev–Trinajstić information content (AvgIpc) is 2.25. The third kappa shape index (κ3) is 2.94. The second-order valence-corrected chi connectivity index (χ2v) is 7.48. The summed E-state index contributed by atoms with van der Waals surface area (Å²) in [7, 11) is -3.60. The van der Waals surface area contributed by atoms with Crippen LogP contribution in [0.3, 0.4) is 0 Å². The maximum atomic E-state index is 11.7. The van der Waals surface area contributed by atoms with E-state index in [0.717, 1.165) is 6.26 Å². The predicted octanol–water partition coefficient (Wildman–Crippen LogP) is 2.76. The summed E-state index contributed by atoms with van der Waals surface area (Å²) >= 11 is 11.8. The van der Waals surface area contributed by atoms with E-state index in [1.807, 2.05) is 0 Å². The zero-order valence-electron chi connectivity index (χ0n) is 9.52. The quantitative estimate of drug-likeness (QED) is 0.869. The molecule has 1 N–H and O–H groups in total. The topological polar surface area (TPSA) is 54.4 Å². The van der Waals surface area contributed by atoms with Crippen molar-refractivity contribution < 1.29 is 13.5 Å². The lowest BCUT2D eigenvalue weighted by Crippen LogP contribution is -2.37. The molecule has 6 heteroatoms. The Labute approximate surface area is 111 Å². The molecule has 0 radical (unpaired) electrons. The van der Waals surface area contributed by atoms with Crippen molar-refractivity contribution in [3.8, 4) is 0 Å². The van der Waals surface area contributed by atoms with Crippen LogP contribution in [-0.4, -0.2) is 24.0 Å². The van der Waals surface area contributed by atoms with Crippen molar-refractivity contribution in [1.29, 1.82) is 0 Å². The summed E-state index contributed by atoms with van der Waals surface area (Å²) in [6.07, 6.45) is -0.207. The van der Waals surface area contributed by atoms with E-state index in [4.69, 9.17) is 23.2 Å². The van der Waals surface area contributed by atoms with Gasteiger partial charge in [-0.05, 0) is 24.1 Å². The highest BCUT2D eigenvalue weighted by molar-refractivity contribution is 7.93. The molecule has 0 fully saturated rings. The number of aliphatic hydroxyl groups excluding tert-OH is 1.